The van der Waals surface area contributed by atoms with Gasteiger partial charge in [0, 0.05) is 58.9 Å². The molecule has 3 unspecified atom stereocenters. The summed E-state index contributed by atoms with van der Waals surface area (Å²) in [5.41, 5.74) is 3.81. The van der Waals surface area contributed by atoms with Gasteiger partial charge in [0.05, 0.1) is 0 Å². The van der Waals surface area contributed by atoms with Crippen molar-refractivity contribution in [1.29, 1.82) is 0 Å². The van der Waals surface area contributed by atoms with Gasteiger partial charge >= 0.3 is 11.9 Å². The molecule has 10 nitrogen and oxygen atoms in total. The molecule has 69 heavy (non-hydrogen) atoms. The number of unbranched alkanes of at least 4 members (excludes halogenated alkanes) is 21. The lowest BCUT2D eigenvalue weighted by Crippen LogP contribution is -2.54. The van der Waals surface area contributed by atoms with E-state index < -0.39 is 30.3 Å². The van der Waals surface area contributed by atoms with Gasteiger partial charge in [0.15, 0.2) is 6.23 Å². The molecule has 3 atom stereocenters. The van der Waals surface area contributed by atoms with Crippen LogP contribution in [0.1, 0.15) is 252 Å². The third-order valence-electron chi connectivity index (χ3n) is 14.9. The van der Waals surface area contributed by atoms with Gasteiger partial charge in [0.1, 0.15) is 12.1 Å². The molecule has 0 aliphatic carbocycles. The van der Waals surface area contributed by atoms with Crippen LogP contribution in [-0.4, -0.2) is 119 Å². The van der Waals surface area contributed by atoms with Crippen LogP contribution >= 0.6 is 0 Å². The molecule has 1 aliphatic rings. The molecule has 1 aromatic rings. The third-order valence-corrected chi connectivity index (χ3v) is 14.9. The fraction of sp³-hybridized carbons (Fsp3) is 0.847. The first-order valence-corrected chi connectivity index (χ1v) is 28.7. The molecule has 0 amide bonds. The van der Waals surface area contributed by atoms with Crippen LogP contribution in [0.2, 0.25) is 0 Å². The molecule has 1 fully saturated rings. The Balaban J connectivity index is 2.55. The van der Waals surface area contributed by atoms with Crippen LogP contribution in [0, 0.1) is 0 Å². The number of aliphatic carboxylic acids is 2. The highest BCUT2D eigenvalue weighted by Crippen LogP contribution is 2.31. The maximum atomic E-state index is 13.3. The zero-order valence-electron chi connectivity index (χ0n) is 46.3. The summed E-state index contributed by atoms with van der Waals surface area (Å²) >= 11 is 0. The molecule has 0 bridgehead atoms. The second-order valence-electron chi connectivity index (χ2n) is 23.0. The van der Waals surface area contributed by atoms with Crippen molar-refractivity contribution < 1.29 is 29.3 Å². The molecular weight excluding hydrogens is 861 g/mol. The number of carboxylic acids is 2. The summed E-state index contributed by atoms with van der Waals surface area (Å²) in [6.45, 7) is 26.2. The Labute approximate surface area is 424 Å². The van der Waals surface area contributed by atoms with E-state index in [1.165, 1.54) is 119 Å². The van der Waals surface area contributed by atoms with E-state index in [9.17, 15) is 24.6 Å². The normalized spacial score (nSPS) is 16.9. The van der Waals surface area contributed by atoms with Crippen molar-refractivity contribution in [1.82, 2.24) is 19.6 Å². The molecule has 1 aromatic carbocycles. The van der Waals surface area contributed by atoms with Crippen molar-refractivity contribution in [3.63, 3.8) is 0 Å². The zero-order valence-corrected chi connectivity index (χ0v) is 46.3. The molecule has 0 saturated carbocycles. The molecule has 1 heterocycles. The van der Waals surface area contributed by atoms with E-state index in [1.807, 2.05) is 0 Å². The average molecular weight is 970 g/mol. The number of carboxylic acid groups (broad SMARTS) is 2. The number of ether oxygens (including phenoxy) is 1. The van der Waals surface area contributed by atoms with Gasteiger partial charge in [0.2, 0.25) is 0 Å². The van der Waals surface area contributed by atoms with E-state index in [1.54, 1.807) is 0 Å². The smallest absolute Gasteiger partial charge is 0.320 e. The van der Waals surface area contributed by atoms with Crippen LogP contribution in [0.15, 0.2) is 18.2 Å². The van der Waals surface area contributed by atoms with E-state index in [-0.39, 0.29) is 10.8 Å². The van der Waals surface area contributed by atoms with Gasteiger partial charge < -0.3 is 14.9 Å². The molecule has 1 aliphatic heterocycles. The van der Waals surface area contributed by atoms with Gasteiger partial charge in [-0.3, -0.25) is 34.0 Å². The Morgan fingerprint density at radius 2 is 0.812 bits per heavy atom. The van der Waals surface area contributed by atoms with Crippen molar-refractivity contribution in [2.45, 2.75) is 271 Å². The van der Waals surface area contributed by atoms with Crippen molar-refractivity contribution in [2.24, 2.45) is 0 Å². The number of carbonyl (C=O) groups is 3. The molecule has 0 radical (unpaired) electrons. The Bertz CT molecular complexity index is 1460. The maximum absolute atomic E-state index is 13.3. The molecule has 10 heteroatoms. The van der Waals surface area contributed by atoms with Gasteiger partial charge in [-0.05, 0) is 53.2 Å². The summed E-state index contributed by atoms with van der Waals surface area (Å²) in [5, 5.41) is 21.8. The molecule has 400 valence electrons. The average Bonchev–Trinajstić information content (AvgIpc) is 3.29. The first-order chi connectivity index (χ1) is 33.0. The lowest BCUT2D eigenvalue weighted by molar-refractivity contribution is -0.148. The standard InChI is InChI=1S/C59H108N4O6/c1-10-13-16-19-22-25-28-31-34-53(56(65)66)61-39-37-60(48-50-45-51(58(4,5)6)47-52(46-50)59(7,8)9)38-40-63(55(69-49-64)36-33-30-27-24-21-18-15-12-3)44-43-62(42-41-61)54(57(67)68)35-32-29-26-23-20-17-14-11-2/h45-47,49,53-55H,10-44,48H2,1-9H3,(H,65,66)(H,67,68). The highest BCUT2D eigenvalue weighted by Gasteiger charge is 2.32. The molecule has 2 N–H and O–H groups in total. The van der Waals surface area contributed by atoms with Crippen LogP contribution in [0.4, 0.5) is 0 Å². The fourth-order valence-corrected chi connectivity index (χ4v) is 10.2. The number of hydrogen-bond acceptors (Lipinski definition) is 8. The first-order valence-electron chi connectivity index (χ1n) is 28.7. The Morgan fingerprint density at radius 1 is 0.493 bits per heavy atom. The fourth-order valence-electron chi connectivity index (χ4n) is 10.2. The summed E-state index contributed by atoms with van der Waals surface area (Å²) in [4.78, 5) is 47.9. The van der Waals surface area contributed by atoms with Crippen LogP contribution in [0.25, 0.3) is 0 Å². The van der Waals surface area contributed by atoms with Crippen LogP contribution in [0.3, 0.4) is 0 Å². The minimum Gasteiger partial charge on any atom is -0.480 e. The molecule has 1 saturated heterocycles. The Morgan fingerprint density at radius 3 is 1.16 bits per heavy atom. The van der Waals surface area contributed by atoms with Crippen molar-refractivity contribution in [3.8, 4) is 0 Å². The number of carbonyl (C=O) groups excluding carboxylic acids is 1. The van der Waals surface area contributed by atoms with Gasteiger partial charge in [0.25, 0.3) is 6.47 Å². The Hall–Kier alpha value is -2.53. The summed E-state index contributed by atoms with van der Waals surface area (Å²) in [6, 6.07) is 5.77. The van der Waals surface area contributed by atoms with Gasteiger partial charge in [-0.1, -0.05) is 228 Å². The second-order valence-corrected chi connectivity index (χ2v) is 23.0. The minimum atomic E-state index is -0.810. The highest BCUT2D eigenvalue weighted by molar-refractivity contribution is 5.74. The van der Waals surface area contributed by atoms with E-state index >= 15 is 0 Å². The van der Waals surface area contributed by atoms with Crippen molar-refractivity contribution >= 4 is 18.4 Å². The third kappa shape index (κ3) is 27.2. The topological polar surface area (TPSA) is 114 Å². The predicted molar refractivity (Wildman–Crippen MR) is 289 cm³/mol. The summed E-state index contributed by atoms with van der Waals surface area (Å²) in [5.74, 6) is -1.60. The van der Waals surface area contributed by atoms with E-state index in [4.69, 9.17) is 4.74 Å². The van der Waals surface area contributed by atoms with E-state index in [0.29, 0.717) is 78.2 Å². The zero-order chi connectivity index (χ0) is 50.9. The number of benzene rings is 1. The lowest BCUT2D eigenvalue weighted by atomic mass is 9.79. The Kier molecular flexibility index (Phi) is 33.0. The number of rotatable bonds is 36. The van der Waals surface area contributed by atoms with Crippen molar-refractivity contribution in [3.05, 3.63) is 34.9 Å². The summed E-state index contributed by atoms with van der Waals surface area (Å²) in [7, 11) is 0. The largest absolute Gasteiger partial charge is 0.480 e. The quantitative estimate of drug-likeness (QED) is 0.0498. The van der Waals surface area contributed by atoms with Crippen LogP contribution in [0.5, 0.6) is 0 Å². The van der Waals surface area contributed by atoms with E-state index in [2.05, 4.69) is 100 Å². The number of nitrogens with zero attached hydrogens (tertiary/aromatic N) is 4. The minimum absolute atomic E-state index is 0.0293. The monoisotopic (exact) mass is 969 g/mol. The molecule has 0 spiro atoms. The SMILES string of the molecule is CCCCCCCCCCC(OC=O)N1CCN(Cc2cc(C(C)(C)C)cc(C(C)(C)C)c2)CCN(C(CCCCCCCCCC)C(=O)O)CCN(C(CCCCCCCCCC)C(=O)O)CC1. The van der Waals surface area contributed by atoms with Gasteiger partial charge in [-0.2, -0.15) is 0 Å². The van der Waals surface area contributed by atoms with Crippen LogP contribution in [-0.2, 0) is 36.5 Å². The van der Waals surface area contributed by atoms with E-state index in [0.717, 1.165) is 57.8 Å². The van der Waals surface area contributed by atoms with Crippen molar-refractivity contribution in [2.75, 3.05) is 52.4 Å². The van der Waals surface area contributed by atoms with Gasteiger partial charge in [-0.15, -0.1) is 0 Å². The van der Waals surface area contributed by atoms with Crippen LogP contribution < -0.4 is 0 Å². The summed E-state index contributed by atoms with van der Waals surface area (Å²) < 4.78 is 5.97. The first kappa shape index (κ1) is 62.6. The maximum Gasteiger partial charge on any atom is 0.320 e. The molecular formula is C59H108N4O6. The van der Waals surface area contributed by atoms with Gasteiger partial charge in [-0.25, -0.2) is 0 Å². The molecule has 0 aromatic heterocycles. The molecule has 2 rings (SSSR count). The number of hydrogen-bond donors (Lipinski definition) is 2. The predicted octanol–water partition coefficient (Wildman–Crippen LogP) is 14.0. The lowest BCUT2D eigenvalue weighted by Gasteiger charge is -2.39. The second kappa shape index (κ2) is 36.4. The highest BCUT2D eigenvalue weighted by atomic mass is 16.5. The summed E-state index contributed by atoms with van der Waals surface area (Å²) in [6.07, 6.45) is 29.4.